The molecule has 2 aliphatic rings. The summed E-state index contributed by atoms with van der Waals surface area (Å²) in [6, 6.07) is 4.26. The third-order valence-corrected chi connectivity index (χ3v) is 5.90. The molecule has 1 aromatic carbocycles. The van der Waals surface area contributed by atoms with Crippen LogP contribution < -0.4 is 5.32 Å². The molecule has 1 aliphatic carbocycles. The molecule has 142 valence electrons. The summed E-state index contributed by atoms with van der Waals surface area (Å²) in [5, 5.41) is 3.19. The smallest absolute Gasteiger partial charge is 0.409 e. The SMILES string of the molecule is CCc1cc(C)cc(C)c1C1C(=O)NC(C)(C2CC2)C1OC(=O)N(C)C. The Morgan fingerprint density at radius 3 is 2.50 bits per heavy atom. The molecule has 2 fully saturated rings. The number of carbonyl (C=O) groups is 2. The molecule has 0 aromatic heterocycles. The van der Waals surface area contributed by atoms with E-state index in [9.17, 15) is 9.59 Å². The molecule has 5 nitrogen and oxygen atoms in total. The van der Waals surface area contributed by atoms with Gasteiger partial charge in [0.25, 0.3) is 0 Å². The third kappa shape index (κ3) is 3.08. The summed E-state index contributed by atoms with van der Waals surface area (Å²) in [7, 11) is 3.34. The van der Waals surface area contributed by atoms with Crippen LogP contribution in [0.1, 0.15) is 54.9 Å². The van der Waals surface area contributed by atoms with Crippen LogP contribution in [0.5, 0.6) is 0 Å². The second kappa shape index (κ2) is 6.60. The fraction of sp³-hybridized carbons (Fsp3) is 0.619. The number of aryl methyl sites for hydroxylation is 3. The van der Waals surface area contributed by atoms with Gasteiger partial charge in [-0.15, -0.1) is 0 Å². The molecule has 0 spiro atoms. The monoisotopic (exact) mass is 358 g/mol. The zero-order valence-corrected chi connectivity index (χ0v) is 16.7. The lowest BCUT2D eigenvalue weighted by Gasteiger charge is -2.34. The molecule has 0 radical (unpaired) electrons. The van der Waals surface area contributed by atoms with E-state index in [-0.39, 0.29) is 5.91 Å². The van der Waals surface area contributed by atoms with Crippen molar-refractivity contribution in [2.45, 2.75) is 64.5 Å². The van der Waals surface area contributed by atoms with Crippen molar-refractivity contribution in [3.8, 4) is 0 Å². The van der Waals surface area contributed by atoms with Crippen molar-refractivity contribution in [1.82, 2.24) is 10.2 Å². The number of carbonyl (C=O) groups excluding carboxylic acids is 2. The summed E-state index contributed by atoms with van der Waals surface area (Å²) in [5.74, 6) is -0.120. The molecule has 1 saturated carbocycles. The number of amides is 2. The lowest BCUT2D eigenvalue weighted by Crippen LogP contribution is -2.50. The van der Waals surface area contributed by atoms with E-state index in [0.717, 1.165) is 36.0 Å². The van der Waals surface area contributed by atoms with Gasteiger partial charge in [-0.2, -0.15) is 0 Å². The molecule has 1 saturated heterocycles. The van der Waals surface area contributed by atoms with Crippen molar-refractivity contribution >= 4 is 12.0 Å². The number of hydrogen-bond donors (Lipinski definition) is 1. The molecule has 3 rings (SSSR count). The van der Waals surface area contributed by atoms with E-state index in [0.29, 0.717) is 5.92 Å². The maximum Gasteiger partial charge on any atom is 0.409 e. The van der Waals surface area contributed by atoms with Crippen LogP contribution in [0.2, 0.25) is 0 Å². The zero-order chi connectivity index (χ0) is 19.2. The van der Waals surface area contributed by atoms with Crippen molar-refractivity contribution in [1.29, 1.82) is 0 Å². The second-order valence-corrected chi connectivity index (χ2v) is 8.23. The number of nitrogens with zero attached hydrogens (tertiary/aromatic N) is 1. The van der Waals surface area contributed by atoms with Crippen LogP contribution in [-0.4, -0.2) is 42.6 Å². The van der Waals surface area contributed by atoms with E-state index in [1.54, 1.807) is 14.1 Å². The number of benzene rings is 1. The molecular weight excluding hydrogens is 328 g/mol. The Hall–Kier alpha value is -2.04. The first-order valence-corrected chi connectivity index (χ1v) is 9.49. The maximum absolute atomic E-state index is 13.1. The number of hydrogen-bond acceptors (Lipinski definition) is 3. The highest BCUT2D eigenvalue weighted by molar-refractivity contribution is 5.90. The minimum absolute atomic E-state index is 0.0300. The van der Waals surface area contributed by atoms with Gasteiger partial charge < -0.3 is 15.0 Å². The molecule has 3 atom stereocenters. The van der Waals surface area contributed by atoms with Crippen LogP contribution in [0.15, 0.2) is 12.1 Å². The molecule has 3 unspecified atom stereocenters. The van der Waals surface area contributed by atoms with Gasteiger partial charge in [-0.3, -0.25) is 4.79 Å². The Labute approximate surface area is 156 Å². The van der Waals surface area contributed by atoms with Gasteiger partial charge in [0.05, 0.1) is 5.54 Å². The summed E-state index contributed by atoms with van der Waals surface area (Å²) >= 11 is 0. The van der Waals surface area contributed by atoms with E-state index in [4.69, 9.17) is 4.74 Å². The largest absolute Gasteiger partial charge is 0.442 e. The topological polar surface area (TPSA) is 58.6 Å². The summed E-state index contributed by atoms with van der Waals surface area (Å²) in [6.07, 6.45) is 2.08. The van der Waals surface area contributed by atoms with Gasteiger partial charge >= 0.3 is 6.09 Å². The highest BCUT2D eigenvalue weighted by Gasteiger charge is 2.60. The molecule has 2 amide bonds. The minimum Gasteiger partial charge on any atom is -0.442 e. The van der Waals surface area contributed by atoms with E-state index in [1.807, 2.05) is 13.8 Å². The lowest BCUT2D eigenvalue weighted by molar-refractivity contribution is -0.121. The molecule has 1 aromatic rings. The van der Waals surface area contributed by atoms with Gasteiger partial charge in [0.2, 0.25) is 5.91 Å². The first-order valence-electron chi connectivity index (χ1n) is 9.49. The van der Waals surface area contributed by atoms with Crippen molar-refractivity contribution in [2.24, 2.45) is 5.92 Å². The summed E-state index contributed by atoms with van der Waals surface area (Å²) in [6.45, 7) is 8.26. The normalized spacial score (nSPS) is 28.0. The maximum atomic E-state index is 13.1. The van der Waals surface area contributed by atoms with Crippen LogP contribution >= 0.6 is 0 Å². The highest BCUT2D eigenvalue weighted by Crippen LogP contribution is 2.50. The van der Waals surface area contributed by atoms with Crippen LogP contribution in [0.25, 0.3) is 0 Å². The Morgan fingerprint density at radius 2 is 1.96 bits per heavy atom. The van der Waals surface area contributed by atoms with E-state index in [2.05, 4.69) is 31.3 Å². The Kier molecular flexibility index (Phi) is 4.76. The highest BCUT2D eigenvalue weighted by atomic mass is 16.6. The Morgan fingerprint density at radius 1 is 1.31 bits per heavy atom. The third-order valence-electron chi connectivity index (χ3n) is 5.90. The molecule has 1 heterocycles. The fourth-order valence-corrected chi connectivity index (χ4v) is 4.41. The molecule has 1 N–H and O–H groups in total. The van der Waals surface area contributed by atoms with Crippen molar-refractivity contribution in [3.63, 3.8) is 0 Å². The zero-order valence-electron chi connectivity index (χ0n) is 16.7. The quantitative estimate of drug-likeness (QED) is 0.898. The van der Waals surface area contributed by atoms with Gasteiger partial charge in [-0.1, -0.05) is 24.6 Å². The van der Waals surface area contributed by atoms with Crippen LogP contribution in [-0.2, 0) is 16.0 Å². The number of nitrogens with one attached hydrogen (secondary N) is 1. The van der Waals surface area contributed by atoms with Crippen molar-refractivity contribution in [3.05, 3.63) is 34.4 Å². The Bertz CT molecular complexity index is 739. The lowest BCUT2D eigenvalue weighted by atomic mass is 9.79. The van der Waals surface area contributed by atoms with Gasteiger partial charge in [0.15, 0.2) is 0 Å². The first-order chi connectivity index (χ1) is 12.2. The molecule has 5 heteroatoms. The Balaban J connectivity index is 2.09. The molecule has 0 bridgehead atoms. The van der Waals surface area contributed by atoms with Gasteiger partial charge in [0, 0.05) is 14.1 Å². The second-order valence-electron chi connectivity index (χ2n) is 8.23. The van der Waals surface area contributed by atoms with Crippen molar-refractivity contribution < 1.29 is 14.3 Å². The minimum atomic E-state index is -0.504. The van der Waals surface area contributed by atoms with Crippen LogP contribution in [0.3, 0.4) is 0 Å². The fourth-order valence-electron chi connectivity index (χ4n) is 4.41. The van der Waals surface area contributed by atoms with Gasteiger partial charge in [0.1, 0.15) is 12.0 Å². The average Bonchev–Trinajstić information content (AvgIpc) is 3.37. The van der Waals surface area contributed by atoms with E-state index in [1.165, 1.54) is 10.5 Å². The van der Waals surface area contributed by atoms with Gasteiger partial charge in [-0.25, -0.2) is 4.79 Å². The molecule has 1 aliphatic heterocycles. The molecular formula is C21H30N2O3. The van der Waals surface area contributed by atoms with Crippen LogP contribution in [0.4, 0.5) is 4.79 Å². The average molecular weight is 358 g/mol. The number of rotatable bonds is 4. The van der Waals surface area contributed by atoms with E-state index >= 15 is 0 Å². The van der Waals surface area contributed by atoms with E-state index < -0.39 is 23.7 Å². The van der Waals surface area contributed by atoms with Crippen LogP contribution in [0, 0.1) is 19.8 Å². The summed E-state index contributed by atoms with van der Waals surface area (Å²) in [5.41, 5.74) is 3.96. The number of ether oxygens (including phenoxy) is 1. The molecule has 26 heavy (non-hydrogen) atoms. The predicted molar refractivity (Wildman–Crippen MR) is 101 cm³/mol. The summed E-state index contributed by atoms with van der Waals surface area (Å²) < 4.78 is 5.92. The van der Waals surface area contributed by atoms with Crippen molar-refractivity contribution in [2.75, 3.05) is 14.1 Å². The predicted octanol–water partition coefficient (Wildman–Crippen LogP) is 3.31. The summed E-state index contributed by atoms with van der Waals surface area (Å²) in [4.78, 5) is 26.9. The van der Waals surface area contributed by atoms with Gasteiger partial charge in [-0.05, 0) is 62.6 Å². The first kappa shape index (κ1) is 18.7. The standard InChI is InChI=1S/C21H30N2O3/c1-7-14-11-12(2)10-13(3)16(14)17-18(26-20(25)23(5)6)21(4,15-8-9-15)22-19(17)24/h10-11,15,17-18H,7-9H2,1-6H3,(H,22,24).